The van der Waals surface area contributed by atoms with Gasteiger partial charge in [-0.15, -0.1) is 5.10 Å². The predicted molar refractivity (Wildman–Crippen MR) is 120 cm³/mol. The molecule has 0 unspecified atom stereocenters. The minimum atomic E-state index is -0.663. The van der Waals surface area contributed by atoms with Crippen molar-refractivity contribution in [2.75, 3.05) is 24.2 Å². The third-order valence-corrected chi connectivity index (χ3v) is 5.21. The second-order valence-corrected chi connectivity index (χ2v) is 7.40. The van der Waals surface area contributed by atoms with Gasteiger partial charge in [0.05, 0.1) is 11.9 Å². The Labute approximate surface area is 190 Å². The number of hydrogen-bond donors (Lipinski definition) is 4. The van der Waals surface area contributed by atoms with Gasteiger partial charge in [0, 0.05) is 38.1 Å². The first-order chi connectivity index (χ1) is 16.4. The summed E-state index contributed by atoms with van der Waals surface area (Å²) in [6, 6.07) is 6.93. The van der Waals surface area contributed by atoms with Crippen molar-refractivity contribution in [3.8, 4) is 5.82 Å². The van der Waals surface area contributed by atoms with E-state index < -0.39 is 23.3 Å². The van der Waals surface area contributed by atoms with Crippen LogP contribution in [0, 0.1) is 5.82 Å². The Hall–Kier alpha value is -4.81. The van der Waals surface area contributed by atoms with Crippen LogP contribution in [0.2, 0.25) is 0 Å². The van der Waals surface area contributed by atoms with E-state index in [4.69, 9.17) is 0 Å². The lowest BCUT2D eigenvalue weighted by Gasteiger charge is -2.26. The van der Waals surface area contributed by atoms with Gasteiger partial charge in [-0.05, 0) is 12.1 Å². The molecule has 4 aromatic heterocycles. The summed E-state index contributed by atoms with van der Waals surface area (Å²) in [7, 11) is 1.66. The molecule has 1 fully saturated rings. The molecule has 0 radical (unpaired) electrons. The Morgan fingerprint density at radius 2 is 2.06 bits per heavy atom. The molecule has 5 heterocycles. The van der Waals surface area contributed by atoms with Gasteiger partial charge in [-0.1, -0.05) is 6.07 Å². The van der Waals surface area contributed by atoms with Crippen molar-refractivity contribution in [2.24, 2.45) is 0 Å². The monoisotopic (exact) mass is 463 g/mol. The number of nitrogens with one attached hydrogen (secondary N) is 4. The standard InChI is InChI=1S/C21H18FN9O3/c1-23-12-7-16(27-13-6-11(22)10-30(21(13)34)17-4-2-3-5-24-17)29-31-15(9-25-18(12)31)20(33)28-14-8-26-19(14)32/h2-7,9-10,14,23H,8H2,1H3,(H,26,32)(H,27,29)(H,28,33)/t14-/m1/s1. The first-order valence-corrected chi connectivity index (χ1v) is 10.2. The quantitative estimate of drug-likeness (QED) is 0.301. The minimum Gasteiger partial charge on any atom is -0.385 e. The molecule has 2 amide bonds. The first kappa shape index (κ1) is 21.1. The van der Waals surface area contributed by atoms with E-state index in [0.29, 0.717) is 17.9 Å². The number of carbonyl (C=O) groups is 2. The van der Waals surface area contributed by atoms with Crippen LogP contribution >= 0.6 is 0 Å². The lowest BCUT2D eigenvalue weighted by Crippen LogP contribution is -2.61. The molecule has 0 aliphatic carbocycles. The van der Waals surface area contributed by atoms with Gasteiger partial charge in [-0.3, -0.25) is 19.0 Å². The Morgan fingerprint density at radius 1 is 1.21 bits per heavy atom. The molecule has 0 saturated carbocycles. The van der Waals surface area contributed by atoms with Crippen LogP contribution in [0.3, 0.4) is 0 Å². The summed E-state index contributed by atoms with van der Waals surface area (Å²) >= 11 is 0. The van der Waals surface area contributed by atoms with Crippen LogP contribution in [0.1, 0.15) is 10.5 Å². The molecule has 172 valence electrons. The zero-order valence-electron chi connectivity index (χ0n) is 17.7. The molecule has 1 aliphatic rings. The molecule has 0 bridgehead atoms. The van der Waals surface area contributed by atoms with Crippen LogP contribution in [0.4, 0.5) is 21.6 Å². The highest BCUT2D eigenvalue weighted by atomic mass is 19.1. The number of amides is 2. The third kappa shape index (κ3) is 3.68. The van der Waals surface area contributed by atoms with Gasteiger partial charge in [0.2, 0.25) is 5.91 Å². The van der Waals surface area contributed by atoms with Crippen LogP contribution in [-0.4, -0.2) is 55.6 Å². The minimum absolute atomic E-state index is 0.0833. The Balaban J connectivity index is 1.53. The van der Waals surface area contributed by atoms with E-state index in [-0.39, 0.29) is 28.9 Å². The van der Waals surface area contributed by atoms with Crippen molar-refractivity contribution in [3.63, 3.8) is 0 Å². The smallest absolute Gasteiger partial charge is 0.280 e. The molecule has 0 aromatic carbocycles. The summed E-state index contributed by atoms with van der Waals surface area (Å²) in [5.41, 5.74) is 0.296. The molecule has 4 N–H and O–H groups in total. The molecule has 0 spiro atoms. The fourth-order valence-electron chi connectivity index (χ4n) is 3.45. The molecule has 1 aliphatic heterocycles. The molecular formula is C21H18FN9O3. The SMILES string of the molecule is CNc1cc(Nc2cc(F)cn(-c3ccccn3)c2=O)nn2c(C(=O)N[C@@H]3CNC3=O)cnc12. The van der Waals surface area contributed by atoms with Gasteiger partial charge in [0.15, 0.2) is 17.2 Å². The van der Waals surface area contributed by atoms with Crippen molar-refractivity contribution in [3.05, 3.63) is 70.8 Å². The number of imidazole rings is 1. The maximum absolute atomic E-state index is 14.3. The number of carbonyl (C=O) groups excluding carboxylic acids is 2. The van der Waals surface area contributed by atoms with Gasteiger partial charge >= 0.3 is 0 Å². The Bertz CT molecular complexity index is 1480. The van der Waals surface area contributed by atoms with E-state index in [1.54, 1.807) is 31.3 Å². The van der Waals surface area contributed by atoms with Crippen molar-refractivity contribution in [1.29, 1.82) is 0 Å². The lowest BCUT2D eigenvalue weighted by atomic mass is 10.1. The van der Waals surface area contributed by atoms with Crippen LogP contribution in [-0.2, 0) is 4.79 Å². The number of β-lactam (4-membered cyclic amide) rings is 1. The molecule has 13 heteroatoms. The number of halogens is 1. The van der Waals surface area contributed by atoms with Crippen molar-refractivity contribution in [1.82, 2.24) is 34.8 Å². The van der Waals surface area contributed by atoms with E-state index in [2.05, 4.69) is 36.3 Å². The fraction of sp³-hybridized carbons (Fsp3) is 0.143. The van der Waals surface area contributed by atoms with Crippen LogP contribution in [0.25, 0.3) is 11.5 Å². The summed E-state index contributed by atoms with van der Waals surface area (Å²) in [5, 5.41) is 15.3. The second-order valence-electron chi connectivity index (χ2n) is 7.40. The summed E-state index contributed by atoms with van der Waals surface area (Å²) in [6.07, 6.45) is 3.86. The summed E-state index contributed by atoms with van der Waals surface area (Å²) in [6.45, 7) is 0.339. The molecule has 4 aromatic rings. The van der Waals surface area contributed by atoms with Crippen LogP contribution in [0.5, 0.6) is 0 Å². The number of anilines is 3. The Kier molecular flexibility index (Phi) is 5.12. The second kappa shape index (κ2) is 8.27. The van der Waals surface area contributed by atoms with E-state index in [1.807, 2.05) is 0 Å². The number of hydrogen-bond acceptors (Lipinski definition) is 8. The highest BCUT2D eigenvalue weighted by Crippen LogP contribution is 2.22. The maximum Gasteiger partial charge on any atom is 0.280 e. The summed E-state index contributed by atoms with van der Waals surface area (Å²) < 4.78 is 16.7. The lowest BCUT2D eigenvalue weighted by molar-refractivity contribution is -0.128. The van der Waals surface area contributed by atoms with E-state index >= 15 is 0 Å². The molecule has 5 rings (SSSR count). The molecule has 1 saturated heterocycles. The molecule has 12 nitrogen and oxygen atoms in total. The number of pyridine rings is 2. The van der Waals surface area contributed by atoms with E-state index in [9.17, 15) is 18.8 Å². The normalized spacial score (nSPS) is 14.9. The van der Waals surface area contributed by atoms with Crippen LogP contribution < -0.4 is 26.8 Å². The Morgan fingerprint density at radius 3 is 2.74 bits per heavy atom. The number of aromatic nitrogens is 5. The van der Waals surface area contributed by atoms with Crippen molar-refractivity contribution < 1.29 is 14.0 Å². The van der Waals surface area contributed by atoms with Gasteiger partial charge in [0.25, 0.3) is 11.5 Å². The highest BCUT2D eigenvalue weighted by molar-refractivity contribution is 5.99. The third-order valence-electron chi connectivity index (χ3n) is 5.21. The van der Waals surface area contributed by atoms with Crippen molar-refractivity contribution in [2.45, 2.75) is 6.04 Å². The first-order valence-electron chi connectivity index (χ1n) is 10.2. The zero-order valence-corrected chi connectivity index (χ0v) is 17.7. The van der Waals surface area contributed by atoms with E-state index in [1.165, 1.54) is 16.9 Å². The van der Waals surface area contributed by atoms with Crippen molar-refractivity contribution >= 4 is 34.7 Å². The highest BCUT2D eigenvalue weighted by Gasteiger charge is 2.30. The average molecular weight is 463 g/mol. The summed E-state index contributed by atoms with van der Waals surface area (Å²) in [4.78, 5) is 45.5. The van der Waals surface area contributed by atoms with Crippen LogP contribution in [0.15, 0.2) is 53.7 Å². The molecule has 34 heavy (non-hydrogen) atoms. The molecule has 1 atom stereocenters. The predicted octanol–water partition coefficient (Wildman–Crippen LogP) is 0.428. The van der Waals surface area contributed by atoms with Gasteiger partial charge in [-0.25, -0.2) is 18.9 Å². The average Bonchev–Trinajstić information content (AvgIpc) is 3.27. The molecular weight excluding hydrogens is 445 g/mol. The number of rotatable bonds is 6. The fourth-order valence-corrected chi connectivity index (χ4v) is 3.45. The van der Waals surface area contributed by atoms with Gasteiger partial charge < -0.3 is 21.3 Å². The van der Waals surface area contributed by atoms with Gasteiger partial charge in [0.1, 0.15) is 23.4 Å². The topological polar surface area (TPSA) is 147 Å². The zero-order chi connectivity index (χ0) is 23.8. The van der Waals surface area contributed by atoms with Gasteiger partial charge in [-0.2, -0.15) is 0 Å². The van der Waals surface area contributed by atoms with E-state index in [0.717, 1.165) is 16.8 Å². The summed E-state index contributed by atoms with van der Waals surface area (Å²) in [5.74, 6) is -1.07. The largest absolute Gasteiger partial charge is 0.385 e. The maximum atomic E-state index is 14.3. The number of nitrogens with zero attached hydrogens (tertiary/aromatic N) is 5. The number of fused-ring (bicyclic) bond motifs is 1.